The molecule has 0 unspecified atom stereocenters. The van der Waals surface area contributed by atoms with Gasteiger partial charge in [0.1, 0.15) is 0 Å². The largest absolute Gasteiger partial charge is 0.332 e. The molecule has 1 aromatic rings. The Labute approximate surface area is 107 Å². The number of rotatable bonds is 1. The minimum atomic E-state index is -3.58. The van der Waals surface area contributed by atoms with Crippen molar-refractivity contribution >= 4 is 55.6 Å². The summed E-state index contributed by atoms with van der Waals surface area (Å²) in [5.74, 6) is 0. The zero-order chi connectivity index (χ0) is 11.9. The van der Waals surface area contributed by atoms with Crippen LogP contribution in [0.3, 0.4) is 0 Å². The van der Waals surface area contributed by atoms with Gasteiger partial charge in [-0.15, -0.1) is 15.7 Å². The van der Waals surface area contributed by atoms with Crippen LogP contribution in [0, 0.1) is 0 Å². The molecule has 0 spiro atoms. The van der Waals surface area contributed by atoms with E-state index in [0.29, 0.717) is 15.2 Å². The smallest absolute Gasteiger partial charge is 0.296 e. The molecule has 16 heavy (non-hydrogen) atoms. The predicted octanol–water partition coefficient (Wildman–Crippen LogP) is 3.01. The van der Waals surface area contributed by atoms with Crippen LogP contribution in [0.2, 0.25) is 4.34 Å². The number of hydrogen-bond donors (Lipinski definition) is 1. The minimum Gasteiger partial charge on any atom is -0.332 e. The van der Waals surface area contributed by atoms with E-state index >= 15 is 0 Å². The zero-order valence-electron chi connectivity index (χ0n) is 8.52. The number of anilines is 1. The molecule has 0 radical (unpaired) electrons. The van der Waals surface area contributed by atoms with Crippen LogP contribution in [0.25, 0.3) is 0 Å². The van der Waals surface area contributed by atoms with E-state index in [4.69, 9.17) is 11.6 Å². The Bertz CT molecular complexity index is 548. The maximum atomic E-state index is 11.8. The summed E-state index contributed by atoms with van der Waals surface area (Å²) in [6.45, 7) is 3.94. The van der Waals surface area contributed by atoms with Gasteiger partial charge in [-0.3, -0.25) is 0 Å². The number of thiophene rings is 1. The van der Waals surface area contributed by atoms with Gasteiger partial charge in [-0.25, -0.2) is 0 Å². The zero-order valence-corrected chi connectivity index (χ0v) is 11.7. The molecular weight excluding hydrogens is 288 g/mol. The fourth-order valence-electron chi connectivity index (χ4n) is 1.19. The number of fused-ring (bicyclic) bond motifs is 1. The van der Waals surface area contributed by atoms with E-state index < -0.39 is 10.0 Å². The summed E-state index contributed by atoms with van der Waals surface area (Å²) in [4.78, 5) is 0. The highest BCUT2D eigenvalue weighted by Gasteiger charge is 2.28. The second-order valence-corrected chi connectivity index (χ2v) is 8.46. The fraction of sp³-hybridized carbons (Fsp3) is 0.375. The average molecular weight is 297 g/mol. The van der Waals surface area contributed by atoms with Crippen molar-refractivity contribution in [1.29, 1.82) is 0 Å². The summed E-state index contributed by atoms with van der Waals surface area (Å²) < 4.78 is 27.9. The van der Waals surface area contributed by atoms with E-state index in [-0.39, 0.29) is 9.46 Å². The highest BCUT2D eigenvalue weighted by molar-refractivity contribution is 8.15. The number of nitrogens with zero attached hydrogens (tertiary/aromatic N) is 1. The number of sulfonamides is 1. The van der Waals surface area contributed by atoms with Gasteiger partial charge in [-0.2, -0.15) is 8.42 Å². The Morgan fingerprint density at radius 3 is 2.88 bits per heavy atom. The van der Waals surface area contributed by atoms with Crippen molar-refractivity contribution in [2.75, 3.05) is 5.32 Å². The standard InChI is InChI=1S/C8H9ClN2O2S3/c1-4(2)14-8-10-5-3-6(9)15-7(5)16(12,13)11-8/h3-4H,1-2H3,(H,10,11). The number of hydrogen-bond acceptors (Lipinski definition) is 5. The maximum absolute atomic E-state index is 11.8. The van der Waals surface area contributed by atoms with Crippen molar-refractivity contribution in [2.45, 2.75) is 23.3 Å². The monoisotopic (exact) mass is 296 g/mol. The third kappa shape index (κ3) is 2.37. The topological polar surface area (TPSA) is 58.5 Å². The Morgan fingerprint density at radius 1 is 1.56 bits per heavy atom. The Hall–Kier alpha value is -0.240. The molecule has 0 fully saturated rings. The van der Waals surface area contributed by atoms with Crippen LogP contribution in [0.1, 0.15) is 13.8 Å². The van der Waals surface area contributed by atoms with E-state index in [0.717, 1.165) is 11.3 Å². The third-order valence-corrected chi connectivity index (χ3v) is 5.75. The van der Waals surface area contributed by atoms with Gasteiger partial charge < -0.3 is 5.32 Å². The number of thioether (sulfide) groups is 1. The average Bonchev–Trinajstić information content (AvgIpc) is 2.44. The van der Waals surface area contributed by atoms with E-state index in [1.54, 1.807) is 6.07 Å². The lowest BCUT2D eigenvalue weighted by molar-refractivity contribution is 0.600. The van der Waals surface area contributed by atoms with Crippen molar-refractivity contribution in [3.8, 4) is 0 Å². The van der Waals surface area contributed by atoms with Crippen molar-refractivity contribution < 1.29 is 8.42 Å². The third-order valence-electron chi connectivity index (χ3n) is 1.69. The molecule has 1 aromatic heterocycles. The number of amidine groups is 1. The van der Waals surface area contributed by atoms with Gasteiger partial charge in [-0.05, 0) is 6.07 Å². The highest BCUT2D eigenvalue weighted by Crippen LogP contribution is 2.39. The summed E-state index contributed by atoms with van der Waals surface area (Å²) in [6.07, 6.45) is 0. The summed E-state index contributed by atoms with van der Waals surface area (Å²) in [6, 6.07) is 1.61. The van der Waals surface area contributed by atoms with Crippen molar-refractivity contribution in [1.82, 2.24) is 0 Å². The molecule has 0 bridgehead atoms. The molecule has 4 nitrogen and oxygen atoms in total. The molecule has 0 aromatic carbocycles. The molecule has 1 aliphatic rings. The van der Waals surface area contributed by atoms with Crippen LogP contribution < -0.4 is 5.32 Å². The first-order valence-electron chi connectivity index (χ1n) is 4.46. The molecule has 88 valence electrons. The molecule has 0 saturated carbocycles. The second kappa shape index (κ2) is 4.21. The Morgan fingerprint density at radius 2 is 2.25 bits per heavy atom. The van der Waals surface area contributed by atoms with Gasteiger partial charge in [0.15, 0.2) is 9.38 Å². The Balaban J connectivity index is 2.42. The van der Waals surface area contributed by atoms with Crippen molar-refractivity contribution in [3.63, 3.8) is 0 Å². The quantitative estimate of drug-likeness (QED) is 0.865. The van der Waals surface area contributed by atoms with Gasteiger partial charge >= 0.3 is 0 Å². The van der Waals surface area contributed by atoms with E-state index in [1.165, 1.54) is 11.8 Å². The van der Waals surface area contributed by atoms with Gasteiger partial charge in [-0.1, -0.05) is 37.2 Å². The lowest BCUT2D eigenvalue weighted by Gasteiger charge is -2.15. The first-order valence-corrected chi connectivity index (χ1v) is 7.98. The van der Waals surface area contributed by atoms with E-state index in [2.05, 4.69) is 9.71 Å². The molecule has 0 aliphatic carbocycles. The first-order chi connectivity index (χ1) is 7.38. The van der Waals surface area contributed by atoms with Gasteiger partial charge in [0.05, 0.1) is 10.0 Å². The van der Waals surface area contributed by atoms with Crippen LogP contribution in [-0.4, -0.2) is 18.8 Å². The lowest BCUT2D eigenvalue weighted by Crippen LogP contribution is -2.18. The summed E-state index contributed by atoms with van der Waals surface area (Å²) in [7, 11) is -3.58. The summed E-state index contributed by atoms with van der Waals surface area (Å²) in [5.41, 5.74) is 0.521. The number of halogens is 1. The molecule has 1 aliphatic heterocycles. The normalized spacial score (nSPS) is 17.9. The minimum absolute atomic E-state index is 0.186. The van der Waals surface area contributed by atoms with Crippen LogP contribution >= 0.6 is 34.7 Å². The molecule has 2 heterocycles. The van der Waals surface area contributed by atoms with Crippen LogP contribution in [-0.2, 0) is 10.0 Å². The van der Waals surface area contributed by atoms with Crippen LogP contribution in [0.4, 0.5) is 5.69 Å². The SMILES string of the molecule is CC(C)SC1=NS(=O)(=O)c2sc(Cl)cc2N1. The first kappa shape index (κ1) is 12.2. The van der Waals surface area contributed by atoms with Gasteiger partial charge in [0.2, 0.25) is 0 Å². The van der Waals surface area contributed by atoms with Gasteiger partial charge in [0, 0.05) is 5.25 Å². The maximum Gasteiger partial charge on any atom is 0.296 e. The second-order valence-electron chi connectivity index (χ2n) is 3.41. The predicted molar refractivity (Wildman–Crippen MR) is 70.3 cm³/mol. The highest BCUT2D eigenvalue weighted by atomic mass is 35.5. The number of nitrogens with one attached hydrogen (secondary N) is 1. The molecule has 0 amide bonds. The summed E-state index contributed by atoms with van der Waals surface area (Å²) >= 11 is 8.18. The summed E-state index contributed by atoms with van der Waals surface area (Å²) in [5, 5.41) is 3.63. The molecule has 8 heteroatoms. The van der Waals surface area contributed by atoms with Crippen molar-refractivity contribution in [2.24, 2.45) is 4.40 Å². The fourth-order valence-corrected chi connectivity index (χ4v) is 4.86. The van der Waals surface area contributed by atoms with Crippen LogP contribution in [0.15, 0.2) is 14.7 Å². The Kier molecular flexibility index (Phi) is 3.22. The van der Waals surface area contributed by atoms with E-state index in [9.17, 15) is 8.42 Å². The molecular formula is C8H9ClN2O2S3. The molecule has 1 N–H and O–H groups in total. The van der Waals surface area contributed by atoms with Crippen LogP contribution in [0.5, 0.6) is 0 Å². The molecule has 2 rings (SSSR count). The lowest BCUT2D eigenvalue weighted by atomic mass is 10.5. The van der Waals surface area contributed by atoms with Gasteiger partial charge in [0.25, 0.3) is 10.0 Å². The van der Waals surface area contributed by atoms with Crippen molar-refractivity contribution in [3.05, 3.63) is 10.4 Å². The molecule has 0 atom stereocenters. The van der Waals surface area contributed by atoms with E-state index in [1.807, 2.05) is 13.8 Å². The molecule has 0 saturated heterocycles.